The number of oxime groups is 1. The third-order valence-electron chi connectivity index (χ3n) is 4.01. The molecule has 2 aliphatic rings. The van der Waals surface area contributed by atoms with Crippen LogP contribution in [0.5, 0.6) is 0 Å². The molecule has 2 unspecified atom stereocenters. The van der Waals surface area contributed by atoms with Crippen molar-refractivity contribution in [1.29, 1.82) is 0 Å². The first-order valence-corrected chi connectivity index (χ1v) is 7.40. The molecule has 1 N–H and O–H groups in total. The summed E-state index contributed by atoms with van der Waals surface area (Å²) in [5.74, 6) is 0. The van der Waals surface area contributed by atoms with Gasteiger partial charge in [-0.2, -0.15) is 0 Å². The average molecular weight is 315 g/mol. The minimum atomic E-state index is 0.250. The first-order valence-electron chi connectivity index (χ1n) is 6.64. The molecule has 0 aliphatic carbocycles. The zero-order chi connectivity index (χ0) is 14.1. The molecule has 2 fully saturated rings. The third-order valence-corrected chi connectivity index (χ3v) is 4.60. The van der Waals surface area contributed by atoms with Gasteiger partial charge >= 0.3 is 0 Å². The third kappa shape index (κ3) is 2.79. The van der Waals surface area contributed by atoms with Crippen LogP contribution in [0, 0.1) is 0 Å². The molecule has 0 aromatic heterocycles. The average Bonchev–Trinajstić information content (AvgIpc) is 2.41. The number of benzene rings is 1. The van der Waals surface area contributed by atoms with Crippen LogP contribution in [-0.4, -0.2) is 41.1 Å². The number of morpholine rings is 1. The van der Waals surface area contributed by atoms with E-state index in [0.717, 1.165) is 30.7 Å². The molecule has 4 nitrogen and oxygen atoms in total. The Morgan fingerprint density at radius 3 is 2.55 bits per heavy atom. The van der Waals surface area contributed by atoms with Gasteiger partial charge in [-0.3, -0.25) is 4.90 Å². The van der Waals surface area contributed by atoms with Crippen LogP contribution in [0.1, 0.15) is 18.4 Å². The normalized spacial score (nSPS) is 26.6. The van der Waals surface area contributed by atoms with Crippen molar-refractivity contribution in [1.82, 2.24) is 4.90 Å². The largest absolute Gasteiger partial charge is 0.411 e. The highest BCUT2D eigenvalue weighted by Gasteiger charge is 2.37. The fourth-order valence-corrected chi connectivity index (χ4v) is 3.46. The van der Waals surface area contributed by atoms with Crippen LogP contribution in [0.4, 0.5) is 0 Å². The smallest absolute Gasteiger partial charge is 0.0626 e. The summed E-state index contributed by atoms with van der Waals surface area (Å²) >= 11 is 12.2. The van der Waals surface area contributed by atoms with Crippen molar-refractivity contribution in [3.63, 3.8) is 0 Å². The number of nitrogens with zero attached hydrogens (tertiary/aromatic N) is 2. The number of hydrogen-bond donors (Lipinski definition) is 1. The minimum Gasteiger partial charge on any atom is -0.411 e. The maximum absolute atomic E-state index is 8.99. The molecule has 1 aromatic carbocycles. The van der Waals surface area contributed by atoms with Crippen molar-refractivity contribution in [3.8, 4) is 0 Å². The predicted molar refractivity (Wildman–Crippen MR) is 78.9 cm³/mol. The van der Waals surface area contributed by atoms with E-state index in [9.17, 15) is 0 Å². The van der Waals surface area contributed by atoms with Crippen molar-refractivity contribution in [2.75, 3.05) is 13.2 Å². The molecule has 1 aromatic rings. The van der Waals surface area contributed by atoms with Crippen molar-refractivity contribution in [3.05, 3.63) is 33.8 Å². The fourth-order valence-electron chi connectivity index (χ4n) is 3.00. The maximum atomic E-state index is 8.99. The molecule has 2 aliphatic heterocycles. The predicted octanol–water partition coefficient (Wildman–Crippen LogP) is 3.19. The van der Waals surface area contributed by atoms with E-state index < -0.39 is 0 Å². The molecule has 0 radical (unpaired) electrons. The molecule has 6 heteroatoms. The molecule has 2 saturated heterocycles. The zero-order valence-electron chi connectivity index (χ0n) is 10.9. The molecule has 2 atom stereocenters. The Morgan fingerprint density at radius 1 is 1.25 bits per heavy atom. The van der Waals surface area contributed by atoms with Crippen molar-refractivity contribution >= 4 is 28.9 Å². The van der Waals surface area contributed by atoms with Crippen LogP contribution in [0.25, 0.3) is 0 Å². The Labute approximate surface area is 127 Å². The highest BCUT2D eigenvalue weighted by molar-refractivity contribution is 6.35. The summed E-state index contributed by atoms with van der Waals surface area (Å²) < 4.78 is 5.61. The Hall–Kier alpha value is -0.810. The van der Waals surface area contributed by atoms with Gasteiger partial charge in [0, 0.05) is 41.5 Å². The van der Waals surface area contributed by atoms with Gasteiger partial charge in [-0.15, -0.1) is 0 Å². The molecular weight excluding hydrogens is 299 g/mol. The van der Waals surface area contributed by atoms with E-state index in [1.807, 2.05) is 12.1 Å². The summed E-state index contributed by atoms with van der Waals surface area (Å²) in [7, 11) is 0. The van der Waals surface area contributed by atoms with E-state index in [1.165, 1.54) is 0 Å². The molecule has 0 amide bonds. The van der Waals surface area contributed by atoms with Crippen LogP contribution in [-0.2, 0) is 11.3 Å². The minimum absolute atomic E-state index is 0.250. The van der Waals surface area contributed by atoms with Gasteiger partial charge in [0.25, 0.3) is 0 Å². The van der Waals surface area contributed by atoms with Gasteiger partial charge < -0.3 is 9.94 Å². The second-order valence-corrected chi connectivity index (χ2v) is 6.17. The van der Waals surface area contributed by atoms with E-state index in [4.69, 9.17) is 33.1 Å². The molecule has 108 valence electrons. The van der Waals surface area contributed by atoms with Crippen molar-refractivity contribution in [2.45, 2.75) is 31.5 Å². The van der Waals surface area contributed by atoms with Gasteiger partial charge in [-0.25, -0.2) is 0 Å². The standard InChI is InChI=1S/C14H16Cl2N2O2/c15-10-2-1-9(14(16)3-10)6-18-12-4-11(17-19)5-13(18)8-20-7-12/h1-3,12-13,19H,4-8H2. The lowest BCUT2D eigenvalue weighted by Crippen LogP contribution is -2.56. The Bertz CT molecular complexity index is 520. The molecule has 2 heterocycles. The molecule has 2 bridgehead atoms. The van der Waals surface area contributed by atoms with Gasteiger partial charge in [-0.1, -0.05) is 34.4 Å². The fraction of sp³-hybridized carbons (Fsp3) is 0.500. The second kappa shape index (κ2) is 5.90. The summed E-state index contributed by atoms with van der Waals surface area (Å²) in [6.45, 7) is 2.11. The zero-order valence-corrected chi connectivity index (χ0v) is 12.4. The number of rotatable bonds is 2. The summed E-state index contributed by atoms with van der Waals surface area (Å²) in [6.07, 6.45) is 1.50. The van der Waals surface area contributed by atoms with E-state index >= 15 is 0 Å². The van der Waals surface area contributed by atoms with Crippen LogP contribution >= 0.6 is 23.2 Å². The van der Waals surface area contributed by atoms with E-state index in [2.05, 4.69) is 10.1 Å². The monoisotopic (exact) mass is 314 g/mol. The van der Waals surface area contributed by atoms with E-state index in [0.29, 0.717) is 23.3 Å². The van der Waals surface area contributed by atoms with Gasteiger partial charge in [0.1, 0.15) is 0 Å². The van der Waals surface area contributed by atoms with Crippen LogP contribution < -0.4 is 0 Å². The highest BCUT2D eigenvalue weighted by Crippen LogP contribution is 2.30. The molecule has 0 spiro atoms. The van der Waals surface area contributed by atoms with Crippen molar-refractivity contribution in [2.24, 2.45) is 5.16 Å². The van der Waals surface area contributed by atoms with E-state index in [1.54, 1.807) is 6.07 Å². The highest BCUT2D eigenvalue weighted by atomic mass is 35.5. The lowest BCUT2D eigenvalue weighted by atomic mass is 9.92. The quantitative estimate of drug-likeness (QED) is 0.673. The number of halogens is 2. The number of fused-ring (bicyclic) bond motifs is 2. The van der Waals surface area contributed by atoms with Crippen molar-refractivity contribution < 1.29 is 9.94 Å². The molecular formula is C14H16Cl2N2O2. The summed E-state index contributed by atoms with van der Waals surface area (Å²) in [6, 6.07) is 6.10. The molecule has 20 heavy (non-hydrogen) atoms. The maximum Gasteiger partial charge on any atom is 0.0626 e. The van der Waals surface area contributed by atoms with Gasteiger partial charge in [-0.05, 0) is 17.7 Å². The summed E-state index contributed by atoms with van der Waals surface area (Å²) in [5.41, 5.74) is 1.93. The Balaban J connectivity index is 1.80. The van der Waals surface area contributed by atoms with Crippen LogP contribution in [0.3, 0.4) is 0 Å². The van der Waals surface area contributed by atoms with E-state index in [-0.39, 0.29) is 12.1 Å². The first kappa shape index (κ1) is 14.1. The summed E-state index contributed by atoms with van der Waals surface area (Å²) in [5, 5.41) is 13.7. The molecule has 3 rings (SSSR count). The number of piperidine rings is 1. The Morgan fingerprint density at radius 2 is 1.95 bits per heavy atom. The SMILES string of the molecule is ON=C1CC2COCC(C1)N2Cc1ccc(Cl)cc1Cl. The lowest BCUT2D eigenvalue weighted by molar-refractivity contribution is -0.0574. The topological polar surface area (TPSA) is 45.1 Å². The van der Waals surface area contributed by atoms with Crippen LogP contribution in [0.15, 0.2) is 23.4 Å². The van der Waals surface area contributed by atoms with Gasteiger partial charge in [0.2, 0.25) is 0 Å². The van der Waals surface area contributed by atoms with Crippen LogP contribution in [0.2, 0.25) is 10.0 Å². The lowest BCUT2D eigenvalue weighted by Gasteiger charge is -2.45. The Kier molecular flexibility index (Phi) is 4.17. The summed E-state index contributed by atoms with van der Waals surface area (Å²) in [4.78, 5) is 2.40. The number of ether oxygens (including phenoxy) is 1. The van der Waals surface area contributed by atoms with Gasteiger partial charge in [0.15, 0.2) is 0 Å². The molecule has 0 saturated carbocycles. The number of hydrogen-bond acceptors (Lipinski definition) is 4. The second-order valence-electron chi connectivity index (χ2n) is 5.33. The van der Waals surface area contributed by atoms with Gasteiger partial charge in [0.05, 0.1) is 18.9 Å². The first-order chi connectivity index (χ1) is 9.67.